The molecule has 128 valence electrons. The fourth-order valence-corrected chi connectivity index (χ4v) is 4.52. The smallest absolute Gasteiger partial charge is 0.317 e. The van der Waals surface area contributed by atoms with Crippen molar-refractivity contribution >= 4 is 17.4 Å². The molecule has 2 aliphatic rings. The zero-order valence-corrected chi connectivity index (χ0v) is 15.1. The van der Waals surface area contributed by atoms with E-state index in [1.807, 2.05) is 4.90 Å². The number of hydrogen-bond acceptors (Lipinski definition) is 3. The number of likely N-dealkylation sites (tertiary alicyclic amines) is 1. The zero-order valence-electron chi connectivity index (χ0n) is 14.3. The number of amides is 2. The number of rotatable bonds is 3. The Morgan fingerprint density at radius 3 is 2.70 bits per heavy atom. The second-order valence-electron chi connectivity index (χ2n) is 8.19. The average molecular weight is 337 g/mol. The minimum absolute atomic E-state index is 0.0403. The second kappa shape index (κ2) is 6.44. The highest BCUT2D eigenvalue weighted by Crippen LogP contribution is 2.41. The van der Waals surface area contributed by atoms with E-state index in [-0.39, 0.29) is 24.5 Å². The van der Waals surface area contributed by atoms with Crippen LogP contribution in [-0.4, -0.2) is 41.8 Å². The standard InChI is InChI=1S/C18H28N2O2S/c1-18(2,3)14-6-15(7-14)19-17(22)20-8-13(10-21)16(9-20)12-4-5-23-11-12/h4-5,11,13-16,21H,6-10H2,1-3H3,(H,19,22)/t13-,14?,15?,16-/m0/s1. The highest BCUT2D eigenvalue weighted by molar-refractivity contribution is 7.08. The van der Waals surface area contributed by atoms with Gasteiger partial charge in [0.1, 0.15) is 0 Å². The van der Waals surface area contributed by atoms with E-state index in [4.69, 9.17) is 0 Å². The summed E-state index contributed by atoms with van der Waals surface area (Å²) in [4.78, 5) is 14.4. The van der Waals surface area contributed by atoms with E-state index in [9.17, 15) is 9.90 Å². The molecule has 2 heterocycles. The molecule has 0 unspecified atom stereocenters. The Morgan fingerprint density at radius 1 is 1.39 bits per heavy atom. The van der Waals surface area contributed by atoms with Crippen LogP contribution >= 0.6 is 11.3 Å². The highest BCUT2D eigenvalue weighted by atomic mass is 32.1. The topological polar surface area (TPSA) is 52.6 Å². The Bertz CT molecular complexity index is 532. The number of thiophene rings is 1. The largest absolute Gasteiger partial charge is 0.396 e. The van der Waals surface area contributed by atoms with E-state index in [1.54, 1.807) is 11.3 Å². The summed E-state index contributed by atoms with van der Waals surface area (Å²) in [5.74, 6) is 1.12. The van der Waals surface area contributed by atoms with Crippen molar-refractivity contribution in [3.8, 4) is 0 Å². The van der Waals surface area contributed by atoms with Gasteiger partial charge in [-0.05, 0) is 46.6 Å². The number of urea groups is 1. The molecule has 1 aliphatic carbocycles. The predicted molar refractivity (Wildman–Crippen MR) is 93.7 cm³/mol. The first-order chi connectivity index (χ1) is 10.9. The number of nitrogens with zero attached hydrogens (tertiary/aromatic N) is 1. The molecule has 3 rings (SSSR count). The van der Waals surface area contributed by atoms with Crippen molar-refractivity contribution in [3.63, 3.8) is 0 Å². The minimum atomic E-state index is 0.0403. The molecule has 0 radical (unpaired) electrons. The first-order valence-corrected chi connectivity index (χ1v) is 9.51. The van der Waals surface area contributed by atoms with Gasteiger partial charge < -0.3 is 15.3 Å². The monoisotopic (exact) mass is 336 g/mol. The van der Waals surface area contributed by atoms with Gasteiger partial charge in [0.25, 0.3) is 0 Å². The van der Waals surface area contributed by atoms with Crippen LogP contribution in [-0.2, 0) is 0 Å². The third-order valence-electron chi connectivity index (χ3n) is 5.62. The SMILES string of the molecule is CC(C)(C)C1CC(NC(=O)N2C[C@@H](CO)[C@H](c3ccsc3)C2)C1. The van der Waals surface area contributed by atoms with Gasteiger partial charge in [0.15, 0.2) is 0 Å². The van der Waals surface area contributed by atoms with Gasteiger partial charge in [-0.25, -0.2) is 4.79 Å². The van der Waals surface area contributed by atoms with Crippen LogP contribution in [0, 0.1) is 17.3 Å². The van der Waals surface area contributed by atoms with Crippen molar-refractivity contribution in [2.75, 3.05) is 19.7 Å². The van der Waals surface area contributed by atoms with Crippen LogP contribution < -0.4 is 5.32 Å². The van der Waals surface area contributed by atoms with Crippen molar-refractivity contribution in [2.45, 2.75) is 45.6 Å². The van der Waals surface area contributed by atoms with Gasteiger partial charge in [-0.3, -0.25) is 0 Å². The van der Waals surface area contributed by atoms with Gasteiger partial charge in [0.05, 0.1) is 0 Å². The molecule has 2 amide bonds. The van der Waals surface area contributed by atoms with Crippen molar-refractivity contribution in [3.05, 3.63) is 22.4 Å². The first kappa shape index (κ1) is 16.8. The van der Waals surface area contributed by atoms with Crippen molar-refractivity contribution in [1.29, 1.82) is 0 Å². The van der Waals surface area contributed by atoms with Crippen LogP contribution in [0.2, 0.25) is 0 Å². The van der Waals surface area contributed by atoms with Crippen LogP contribution in [0.5, 0.6) is 0 Å². The summed E-state index contributed by atoms with van der Waals surface area (Å²) in [6, 6.07) is 2.47. The number of aliphatic hydroxyl groups excluding tert-OH is 1. The van der Waals surface area contributed by atoms with Gasteiger partial charge >= 0.3 is 6.03 Å². The van der Waals surface area contributed by atoms with Crippen LogP contribution in [0.3, 0.4) is 0 Å². The molecule has 0 spiro atoms. The van der Waals surface area contributed by atoms with Gasteiger partial charge in [0.2, 0.25) is 0 Å². The molecule has 1 aromatic heterocycles. The molecule has 1 saturated carbocycles. The molecule has 0 bridgehead atoms. The van der Waals surface area contributed by atoms with Gasteiger partial charge in [-0.15, -0.1) is 0 Å². The van der Waals surface area contributed by atoms with Crippen molar-refractivity contribution in [2.24, 2.45) is 17.3 Å². The summed E-state index contributed by atoms with van der Waals surface area (Å²) < 4.78 is 0. The number of nitrogens with one attached hydrogen (secondary N) is 1. The Labute approximate surface area is 142 Å². The summed E-state index contributed by atoms with van der Waals surface area (Å²) in [7, 11) is 0. The van der Waals surface area contributed by atoms with Crippen LogP contribution in [0.1, 0.15) is 45.1 Å². The number of hydrogen-bond donors (Lipinski definition) is 2. The van der Waals surface area contributed by atoms with Crippen molar-refractivity contribution in [1.82, 2.24) is 10.2 Å². The summed E-state index contributed by atoms with van der Waals surface area (Å²) in [5.41, 5.74) is 1.58. The lowest BCUT2D eigenvalue weighted by atomic mass is 9.66. The molecule has 1 aliphatic heterocycles. The van der Waals surface area contributed by atoms with E-state index in [2.05, 4.69) is 42.9 Å². The lowest BCUT2D eigenvalue weighted by Gasteiger charge is -2.44. The molecule has 1 aromatic rings. The maximum atomic E-state index is 12.5. The molecule has 23 heavy (non-hydrogen) atoms. The summed E-state index contributed by atoms with van der Waals surface area (Å²) in [6.07, 6.45) is 2.17. The quantitative estimate of drug-likeness (QED) is 0.890. The average Bonchev–Trinajstić information content (AvgIpc) is 3.08. The molecular formula is C18H28N2O2S. The van der Waals surface area contributed by atoms with Crippen LogP contribution in [0.25, 0.3) is 0 Å². The van der Waals surface area contributed by atoms with E-state index >= 15 is 0 Å². The summed E-state index contributed by atoms with van der Waals surface area (Å²) >= 11 is 1.67. The second-order valence-corrected chi connectivity index (χ2v) is 8.97. The Hall–Kier alpha value is -1.07. The molecular weight excluding hydrogens is 308 g/mol. The maximum Gasteiger partial charge on any atom is 0.317 e. The predicted octanol–water partition coefficient (Wildman–Crippen LogP) is 3.29. The van der Waals surface area contributed by atoms with Gasteiger partial charge in [-0.1, -0.05) is 20.8 Å². The van der Waals surface area contributed by atoms with E-state index < -0.39 is 0 Å². The molecule has 2 N–H and O–H groups in total. The molecule has 2 atom stereocenters. The number of aliphatic hydroxyl groups is 1. The fourth-order valence-electron chi connectivity index (χ4n) is 3.79. The van der Waals surface area contributed by atoms with Crippen molar-refractivity contribution < 1.29 is 9.90 Å². The molecule has 1 saturated heterocycles. The van der Waals surface area contributed by atoms with Gasteiger partial charge in [0, 0.05) is 37.6 Å². The van der Waals surface area contributed by atoms with Crippen LogP contribution in [0.4, 0.5) is 4.79 Å². The molecule has 4 nitrogen and oxygen atoms in total. The third-order valence-corrected chi connectivity index (χ3v) is 6.33. The molecule has 0 aromatic carbocycles. The van der Waals surface area contributed by atoms with Gasteiger partial charge in [-0.2, -0.15) is 11.3 Å². The van der Waals surface area contributed by atoms with E-state index in [0.29, 0.717) is 30.5 Å². The number of carbonyl (C=O) groups excluding carboxylic acids is 1. The molecule has 5 heteroatoms. The Balaban J connectivity index is 1.53. The van der Waals surface area contributed by atoms with Crippen LogP contribution in [0.15, 0.2) is 16.8 Å². The fraction of sp³-hybridized carbons (Fsp3) is 0.722. The minimum Gasteiger partial charge on any atom is -0.396 e. The lowest BCUT2D eigenvalue weighted by Crippen LogP contribution is -2.51. The highest BCUT2D eigenvalue weighted by Gasteiger charge is 2.40. The zero-order chi connectivity index (χ0) is 16.6. The summed E-state index contributed by atoms with van der Waals surface area (Å²) in [6.45, 7) is 8.32. The normalized spacial score (nSPS) is 31.0. The number of carbonyl (C=O) groups is 1. The Morgan fingerprint density at radius 2 is 2.13 bits per heavy atom. The molecule has 2 fully saturated rings. The van der Waals surface area contributed by atoms with E-state index in [1.165, 1.54) is 5.56 Å². The lowest BCUT2D eigenvalue weighted by molar-refractivity contribution is 0.0977. The maximum absolute atomic E-state index is 12.5. The Kier molecular flexibility index (Phi) is 4.70. The summed E-state index contributed by atoms with van der Waals surface area (Å²) in [5, 5.41) is 17.0. The van der Waals surface area contributed by atoms with E-state index in [0.717, 1.165) is 12.8 Å². The third kappa shape index (κ3) is 3.56. The first-order valence-electron chi connectivity index (χ1n) is 8.57.